The van der Waals surface area contributed by atoms with Crippen LogP contribution in [-0.4, -0.2) is 36.0 Å². The molecule has 3 heteroatoms. The van der Waals surface area contributed by atoms with Gasteiger partial charge in [0.05, 0.1) is 6.04 Å². The molecule has 0 bridgehead atoms. The molecule has 76 valence electrons. The molecule has 1 aliphatic rings. The molecule has 0 aromatic heterocycles. The molecule has 0 aliphatic carbocycles. The molecule has 3 unspecified atom stereocenters. The molecular weight excluding hydrogens is 164 g/mol. The first kappa shape index (κ1) is 10.5. The largest absolute Gasteiger partial charge is 0.358 e. The fourth-order valence-electron chi connectivity index (χ4n) is 2.32. The van der Waals surface area contributed by atoms with Gasteiger partial charge in [-0.15, -0.1) is 0 Å². The Bertz CT molecular complexity index is 183. The third-order valence-corrected chi connectivity index (χ3v) is 3.09. The SMILES string of the molecule is CNC(=O)C(C)N1C(C)CCC1C. The fraction of sp³-hybridized carbons (Fsp3) is 0.900. The molecular formula is C10H20N2O. The maximum atomic E-state index is 11.4. The normalized spacial score (nSPS) is 31.7. The number of amides is 1. The third-order valence-electron chi connectivity index (χ3n) is 3.09. The van der Waals surface area contributed by atoms with Gasteiger partial charge < -0.3 is 5.32 Å². The molecule has 1 fully saturated rings. The summed E-state index contributed by atoms with van der Waals surface area (Å²) >= 11 is 0. The third kappa shape index (κ3) is 2.02. The van der Waals surface area contributed by atoms with Crippen LogP contribution >= 0.6 is 0 Å². The molecule has 0 radical (unpaired) electrons. The van der Waals surface area contributed by atoms with Crippen LogP contribution < -0.4 is 5.32 Å². The molecule has 0 spiro atoms. The zero-order valence-corrected chi connectivity index (χ0v) is 9.00. The van der Waals surface area contributed by atoms with E-state index in [0.717, 1.165) is 0 Å². The Balaban J connectivity index is 2.63. The number of nitrogens with one attached hydrogen (secondary N) is 1. The Labute approximate surface area is 80.5 Å². The van der Waals surface area contributed by atoms with Gasteiger partial charge in [0.2, 0.25) is 5.91 Å². The van der Waals surface area contributed by atoms with E-state index in [9.17, 15) is 4.79 Å². The summed E-state index contributed by atoms with van der Waals surface area (Å²) in [7, 11) is 1.70. The van der Waals surface area contributed by atoms with Crippen molar-refractivity contribution in [1.82, 2.24) is 10.2 Å². The average molecular weight is 184 g/mol. The first-order valence-corrected chi connectivity index (χ1v) is 5.07. The molecule has 1 heterocycles. The lowest BCUT2D eigenvalue weighted by Gasteiger charge is -2.31. The van der Waals surface area contributed by atoms with Crippen LogP contribution in [0.15, 0.2) is 0 Å². The Morgan fingerprint density at radius 1 is 1.38 bits per heavy atom. The van der Waals surface area contributed by atoms with Crippen molar-refractivity contribution >= 4 is 5.91 Å². The Morgan fingerprint density at radius 3 is 2.23 bits per heavy atom. The van der Waals surface area contributed by atoms with Crippen LogP contribution in [-0.2, 0) is 4.79 Å². The van der Waals surface area contributed by atoms with Crippen LogP contribution in [0.3, 0.4) is 0 Å². The average Bonchev–Trinajstić information content (AvgIpc) is 2.44. The molecule has 3 atom stereocenters. The molecule has 1 N–H and O–H groups in total. The summed E-state index contributed by atoms with van der Waals surface area (Å²) in [5, 5.41) is 2.70. The maximum Gasteiger partial charge on any atom is 0.236 e. The predicted octanol–water partition coefficient (Wildman–Crippen LogP) is 0.994. The number of hydrogen-bond donors (Lipinski definition) is 1. The van der Waals surface area contributed by atoms with E-state index in [1.165, 1.54) is 12.8 Å². The lowest BCUT2D eigenvalue weighted by Crippen LogP contribution is -2.48. The van der Waals surface area contributed by atoms with E-state index in [0.29, 0.717) is 12.1 Å². The van der Waals surface area contributed by atoms with Crippen molar-refractivity contribution < 1.29 is 4.79 Å². The molecule has 3 nitrogen and oxygen atoms in total. The molecule has 1 saturated heterocycles. The monoisotopic (exact) mass is 184 g/mol. The van der Waals surface area contributed by atoms with Gasteiger partial charge in [-0.25, -0.2) is 0 Å². The highest BCUT2D eigenvalue weighted by Crippen LogP contribution is 2.25. The lowest BCUT2D eigenvalue weighted by atomic mass is 10.2. The first-order valence-electron chi connectivity index (χ1n) is 5.07. The van der Waals surface area contributed by atoms with E-state index >= 15 is 0 Å². The minimum Gasteiger partial charge on any atom is -0.358 e. The number of hydrogen-bond acceptors (Lipinski definition) is 2. The second kappa shape index (κ2) is 4.09. The zero-order valence-electron chi connectivity index (χ0n) is 9.00. The Kier molecular flexibility index (Phi) is 3.31. The van der Waals surface area contributed by atoms with E-state index < -0.39 is 0 Å². The van der Waals surface area contributed by atoms with E-state index in [2.05, 4.69) is 24.1 Å². The number of nitrogens with zero attached hydrogens (tertiary/aromatic N) is 1. The molecule has 0 aromatic carbocycles. The quantitative estimate of drug-likeness (QED) is 0.694. The highest BCUT2D eigenvalue weighted by Gasteiger charge is 2.33. The molecule has 1 amide bonds. The topological polar surface area (TPSA) is 32.3 Å². The number of rotatable bonds is 2. The van der Waals surface area contributed by atoms with Gasteiger partial charge in [0.1, 0.15) is 0 Å². The highest BCUT2D eigenvalue weighted by molar-refractivity contribution is 5.81. The second-order valence-electron chi connectivity index (χ2n) is 4.01. The summed E-state index contributed by atoms with van der Waals surface area (Å²) in [5.41, 5.74) is 0. The smallest absolute Gasteiger partial charge is 0.236 e. The highest BCUT2D eigenvalue weighted by atomic mass is 16.2. The Hall–Kier alpha value is -0.570. The van der Waals surface area contributed by atoms with Crippen molar-refractivity contribution in [2.45, 2.75) is 51.7 Å². The summed E-state index contributed by atoms with van der Waals surface area (Å²) in [6, 6.07) is 1.10. The molecule has 0 aromatic rings. The Morgan fingerprint density at radius 2 is 1.85 bits per heavy atom. The summed E-state index contributed by atoms with van der Waals surface area (Å²) in [4.78, 5) is 13.7. The van der Waals surface area contributed by atoms with Gasteiger partial charge >= 0.3 is 0 Å². The van der Waals surface area contributed by atoms with Crippen LogP contribution in [0.25, 0.3) is 0 Å². The molecule has 0 saturated carbocycles. The van der Waals surface area contributed by atoms with Gasteiger partial charge in [-0.05, 0) is 33.6 Å². The number of likely N-dealkylation sites (tertiary alicyclic amines) is 1. The van der Waals surface area contributed by atoms with Crippen molar-refractivity contribution in [3.8, 4) is 0 Å². The fourth-order valence-corrected chi connectivity index (χ4v) is 2.32. The second-order valence-corrected chi connectivity index (χ2v) is 4.01. The summed E-state index contributed by atoms with van der Waals surface area (Å²) in [5.74, 6) is 0.126. The van der Waals surface area contributed by atoms with E-state index in [-0.39, 0.29) is 11.9 Å². The summed E-state index contributed by atoms with van der Waals surface area (Å²) < 4.78 is 0. The minimum absolute atomic E-state index is 0.0116. The van der Waals surface area contributed by atoms with Gasteiger partial charge in [0.15, 0.2) is 0 Å². The van der Waals surface area contributed by atoms with E-state index in [4.69, 9.17) is 0 Å². The molecule has 1 aliphatic heterocycles. The summed E-state index contributed by atoms with van der Waals surface area (Å²) in [6.07, 6.45) is 2.42. The molecule has 13 heavy (non-hydrogen) atoms. The van der Waals surface area contributed by atoms with Gasteiger partial charge in [0.25, 0.3) is 0 Å². The van der Waals surface area contributed by atoms with Crippen molar-refractivity contribution in [1.29, 1.82) is 0 Å². The van der Waals surface area contributed by atoms with Gasteiger partial charge in [-0.1, -0.05) is 0 Å². The van der Waals surface area contributed by atoms with Crippen molar-refractivity contribution in [2.75, 3.05) is 7.05 Å². The van der Waals surface area contributed by atoms with Crippen LogP contribution in [0.5, 0.6) is 0 Å². The molecule has 1 rings (SSSR count). The van der Waals surface area contributed by atoms with Gasteiger partial charge in [-0.2, -0.15) is 0 Å². The van der Waals surface area contributed by atoms with Crippen LogP contribution in [0, 0.1) is 0 Å². The van der Waals surface area contributed by atoms with Crippen molar-refractivity contribution in [3.63, 3.8) is 0 Å². The lowest BCUT2D eigenvalue weighted by molar-refractivity contribution is -0.126. The van der Waals surface area contributed by atoms with Gasteiger partial charge in [-0.3, -0.25) is 9.69 Å². The number of likely N-dealkylation sites (N-methyl/N-ethyl adjacent to an activating group) is 1. The van der Waals surface area contributed by atoms with E-state index in [1.54, 1.807) is 7.05 Å². The van der Waals surface area contributed by atoms with Gasteiger partial charge in [0, 0.05) is 19.1 Å². The predicted molar refractivity (Wildman–Crippen MR) is 53.5 cm³/mol. The van der Waals surface area contributed by atoms with Crippen molar-refractivity contribution in [3.05, 3.63) is 0 Å². The number of carbonyl (C=O) groups excluding carboxylic acids is 1. The van der Waals surface area contributed by atoms with Crippen LogP contribution in [0.4, 0.5) is 0 Å². The summed E-state index contributed by atoms with van der Waals surface area (Å²) in [6.45, 7) is 6.38. The number of carbonyl (C=O) groups is 1. The van der Waals surface area contributed by atoms with Crippen LogP contribution in [0.1, 0.15) is 33.6 Å². The van der Waals surface area contributed by atoms with Crippen LogP contribution in [0.2, 0.25) is 0 Å². The standard InChI is InChI=1S/C10H20N2O/c1-7-5-6-8(2)12(7)9(3)10(13)11-4/h7-9H,5-6H2,1-4H3,(H,11,13). The zero-order chi connectivity index (χ0) is 10.0. The van der Waals surface area contributed by atoms with Crippen molar-refractivity contribution in [2.24, 2.45) is 0 Å². The van der Waals surface area contributed by atoms with E-state index in [1.807, 2.05) is 6.92 Å². The first-order chi connectivity index (χ1) is 6.07. The minimum atomic E-state index is 0.0116. The maximum absolute atomic E-state index is 11.4.